The van der Waals surface area contributed by atoms with Crippen molar-refractivity contribution < 1.29 is 9.53 Å². The zero-order valence-electron chi connectivity index (χ0n) is 12.1. The lowest BCUT2D eigenvalue weighted by Crippen LogP contribution is -2.48. The maximum Gasteiger partial charge on any atom is 0.254 e. The average Bonchev–Trinajstić information content (AvgIpc) is 2.38. The van der Waals surface area contributed by atoms with Crippen LogP contribution in [0.5, 0.6) is 0 Å². The van der Waals surface area contributed by atoms with Crippen LogP contribution >= 0.6 is 0 Å². The van der Waals surface area contributed by atoms with Crippen LogP contribution in [0.1, 0.15) is 43.1 Å². The fraction of sp³-hybridized carbons (Fsp3) is 0.562. The van der Waals surface area contributed by atoms with E-state index in [-0.39, 0.29) is 18.1 Å². The molecule has 0 saturated carbocycles. The minimum atomic E-state index is 0.116. The lowest BCUT2D eigenvalue weighted by atomic mass is 10.1. The molecule has 1 aromatic carbocycles. The molecule has 1 aliphatic rings. The van der Waals surface area contributed by atoms with E-state index in [1.54, 1.807) is 0 Å². The number of hydrogen-bond donors (Lipinski definition) is 0. The van der Waals surface area contributed by atoms with E-state index in [4.69, 9.17) is 4.74 Å². The summed E-state index contributed by atoms with van der Waals surface area (Å²) in [5.74, 6) is 0.116. The van der Waals surface area contributed by atoms with Gasteiger partial charge in [0.2, 0.25) is 0 Å². The minimum Gasteiger partial charge on any atom is -0.372 e. The summed E-state index contributed by atoms with van der Waals surface area (Å²) >= 11 is 0. The Bertz CT molecular complexity index is 417. The molecule has 0 aromatic heterocycles. The summed E-state index contributed by atoms with van der Waals surface area (Å²) in [5, 5.41) is 0. The summed E-state index contributed by atoms with van der Waals surface area (Å²) < 4.78 is 5.66. The molecule has 0 bridgehead atoms. The Hall–Kier alpha value is -1.35. The Balaban J connectivity index is 2.06. The van der Waals surface area contributed by atoms with Crippen molar-refractivity contribution in [3.63, 3.8) is 0 Å². The topological polar surface area (TPSA) is 29.5 Å². The standard InChI is InChI=1S/C16H23NO2/c1-4-5-14-6-8-15(9-7-14)16(18)17-10-12(2)19-13(3)11-17/h6-9,12-13H,4-5,10-11H2,1-3H3/t12-,13-/m0/s1. The maximum absolute atomic E-state index is 12.4. The van der Waals surface area contributed by atoms with Crippen molar-refractivity contribution in [2.24, 2.45) is 0 Å². The first-order valence-corrected chi connectivity index (χ1v) is 7.13. The molecule has 1 aliphatic heterocycles. The molecule has 19 heavy (non-hydrogen) atoms. The summed E-state index contributed by atoms with van der Waals surface area (Å²) in [6.45, 7) is 7.55. The number of morpholine rings is 1. The second-order valence-corrected chi connectivity index (χ2v) is 5.41. The Morgan fingerprint density at radius 1 is 1.21 bits per heavy atom. The van der Waals surface area contributed by atoms with Crippen LogP contribution in [0.15, 0.2) is 24.3 Å². The predicted molar refractivity (Wildman–Crippen MR) is 76.3 cm³/mol. The van der Waals surface area contributed by atoms with Crippen molar-refractivity contribution in [2.45, 2.75) is 45.8 Å². The molecule has 2 atom stereocenters. The largest absolute Gasteiger partial charge is 0.372 e. The summed E-state index contributed by atoms with van der Waals surface area (Å²) in [7, 11) is 0. The van der Waals surface area contributed by atoms with Crippen LogP contribution in [0, 0.1) is 0 Å². The number of ether oxygens (including phenoxy) is 1. The van der Waals surface area contributed by atoms with Gasteiger partial charge in [0, 0.05) is 18.7 Å². The number of aryl methyl sites for hydroxylation is 1. The van der Waals surface area contributed by atoms with Gasteiger partial charge in [-0.1, -0.05) is 25.5 Å². The number of nitrogens with zero attached hydrogens (tertiary/aromatic N) is 1. The van der Waals surface area contributed by atoms with Crippen LogP contribution in [0.4, 0.5) is 0 Å². The van der Waals surface area contributed by atoms with Gasteiger partial charge >= 0.3 is 0 Å². The van der Waals surface area contributed by atoms with Crippen LogP contribution in [-0.2, 0) is 11.2 Å². The molecule has 104 valence electrons. The summed E-state index contributed by atoms with van der Waals surface area (Å²) in [4.78, 5) is 14.3. The highest BCUT2D eigenvalue weighted by atomic mass is 16.5. The van der Waals surface area contributed by atoms with Crippen molar-refractivity contribution in [3.05, 3.63) is 35.4 Å². The van der Waals surface area contributed by atoms with E-state index in [0.29, 0.717) is 13.1 Å². The lowest BCUT2D eigenvalue weighted by Gasteiger charge is -2.35. The van der Waals surface area contributed by atoms with Crippen LogP contribution < -0.4 is 0 Å². The Morgan fingerprint density at radius 2 is 1.79 bits per heavy atom. The molecule has 1 fully saturated rings. The van der Waals surface area contributed by atoms with Gasteiger partial charge in [0.1, 0.15) is 0 Å². The van der Waals surface area contributed by atoms with Crippen molar-refractivity contribution in [2.75, 3.05) is 13.1 Å². The van der Waals surface area contributed by atoms with Gasteiger partial charge in [0.05, 0.1) is 12.2 Å². The third-order valence-corrected chi connectivity index (χ3v) is 3.45. The molecule has 3 heteroatoms. The van der Waals surface area contributed by atoms with E-state index < -0.39 is 0 Å². The van der Waals surface area contributed by atoms with E-state index in [0.717, 1.165) is 18.4 Å². The van der Waals surface area contributed by atoms with Crippen LogP contribution in [0.25, 0.3) is 0 Å². The molecule has 1 amide bonds. The Morgan fingerprint density at radius 3 is 2.32 bits per heavy atom. The molecule has 2 rings (SSSR count). The number of amides is 1. The van der Waals surface area contributed by atoms with Gasteiger partial charge in [0.15, 0.2) is 0 Å². The highest BCUT2D eigenvalue weighted by Gasteiger charge is 2.26. The van der Waals surface area contributed by atoms with Crippen molar-refractivity contribution in [3.8, 4) is 0 Å². The monoisotopic (exact) mass is 261 g/mol. The van der Waals surface area contributed by atoms with Gasteiger partial charge in [0.25, 0.3) is 5.91 Å². The molecule has 1 heterocycles. The van der Waals surface area contributed by atoms with E-state index in [2.05, 4.69) is 19.1 Å². The van der Waals surface area contributed by atoms with Crippen LogP contribution in [0.2, 0.25) is 0 Å². The molecule has 0 spiro atoms. The molecule has 3 nitrogen and oxygen atoms in total. The number of benzene rings is 1. The van der Waals surface area contributed by atoms with Gasteiger partial charge in [-0.2, -0.15) is 0 Å². The number of carbonyl (C=O) groups is 1. The van der Waals surface area contributed by atoms with Crippen LogP contribution in [-0.4, -0.2) is 36.1 Å². The quantitative estimate of drug-likeness (QED) is 0.837. The fourth-order valence-corrected chi connectivity index (χ4v) is 2.63. The Kier molecular flexibility index (Phi) is 4.59. The van der Waals surface area contributed by atoms with Crippen LogP contribution in [0.3, 0.4) is 0 Å². The zero-order valence-corrected chi connectivity index (χ0v) is 12.1. The fourth-order valence-electron chi connectivity index (χ4n) is 2.63. The molecular formula is C16H23NO2. The summed E-state index contributed by atoms with van der Waals surface area (Å²) in [6.07, 6.45) is 2.44. The van der Waals surface area contributed by atoms with E-state index in [1.807, 2.05) is 30.9 Å². The highest BCUT2D eigenvalue weighted by molar-refractivity contribution is 5.94. The molecule has 1 saturated heterocycles. The zero-order chi connectivity index (χ0) is 13.8. The summed E-state index contributed by atoms with van der Waals surface area (Å²) in [6, 6.07) is 8.00. The molecule has 0 aliphatic carbocycles. The summed E-state index contributed by atoms with van der Waals surface area (Å²) in [5.41, 5.74) is 2.07. The first-order chi connectivity index (χ1) is 9.10. The third-order valence-electron chi connectivity index (χ3n) is 3.45. The SMILES string of the molecule is CCCc1ccc(C(=O)N2C[C@H](C)O[C@@H](C)C2)cc1. The van der Waals surface area contributed by atoms with Crippen molar-refractivity contribution in [1.82, 2.24) is 4.90 Å². The molecule has 0 unspecified atom stereocenters. The molecular weight excluding hydrogens is 238 g/mol. The average molecular weight is 261 g/mol. The van der Waals surface area contributed by atoms with Gasteiger partial charge in [-0.25, -0.2) is 0 Å². The third kappa shape index (κ3) is 3.57. The number of rotatable bonds is 3. The van der Waals surface area contributed by atoms with Crippen molar-refractivity contribution >= 4 is 5.91 Å². The minimum absolute atomic E-state index is 0.116. The molecule has 1 aromatic rings. The lowest BCUT2D eigenvalue weighted by molar-refractivity contribution is -0.0586. The van der Waals surface area contributed by atoms with E-state index in [9.17, 15) is 4.79 Å². The van der Waals surface area contributed by atoms with Crippen molar-refractivity contribution in [1.29, 1.82) is 0 Å². The first-order valence-electron chi connectivity index (χ1n) is 7.13. The first kappa shape index (κ1) is 14.1. The number of hydrogen-bond acceptors (Lipinski definition) is 2. The highest BCUT2D eigenvalue weighted by Crippen LogP contribution is 2.15. The normalized spacial score (nSPS) is 23.4. The second kappa shape index (κ2) is 6.20. The Labute approximate surface area is 115 Å². The van der Waals surface area contributed by atoms with Gasteiger partial charge in [-0.3, -0.25) is 4.79 Å². The predicted octanol–water partition coefficient (Wildman–Crippen LogP) is 2.89. The maximum atomic E-state index is 12.4. The van der Waals surface area contributed by atoms with Gasteiger partial charge < -0.3 is 9.64 Å². The smallest absolute Gasteiger partial charge is 0.254 e. The van der Waals surface area contributed by atoms with E-state index >= 15 is 0 Å². The van der Waals surface area contributed by atoms with Gasteiger partial charge in [-0.05, 0) is 38.0 Å². The second-order valence-electron chi connectivity index (χ2n) is 5.41. The number of carbonyl (C=O) groups excluding carboxylic acids is 1. The molecule has 0 N–H and O–H groups in total. The molecule has 0 radical (unpaired) electrons. The van der Waals surface area contributed by atoms with E-state index in [1.165, 1.54) is 5.56 Å². The van der Waals surface area contributed by atoms with Gasteiger partial charge in [-0.15, -0.1) is 0 Å².